The van der Waals surface area contributed by atoms with E-state index in [0.29, 0.717) is 12.0 Å². The van der Waals surface area contributed by atoms with Crippen LogP contribution in [0.2, 0.25) is 0 Å². The van der Waals surface area contributed by atoms with Crippen molar-refractivity contribution in [3.8, 4) is 0 Å². The van der Waals surface area contributed by atoms with Crippen molar-refractivity contribution in [2.24, 2.45) is 10.9 Å². The molecule has 8 heavy (non-hydrogen) atoms. The number of hydrogen-bond donors (Lipinski definition) is 0. The van der Waals surface area contributed by atoms with Gasteiger partial charge in [-0.25, -0.2) is 0 Å². The molecule has 0 N–H and O–H groups in total. The quantitative estimate of drug-likeness (QED) is 0.485. The van der Waals surface area contributed by atoms with Gasteiger partial charge in [0.2, 0.25) is 0 Å². The van der Waals surface area contributed by atoms with Crippen LogP contribution in [0.4, 0.5) is 0 Å². The first kappa shape index (κ1) is 5.54. The highest BCUT2D eigenvalue weighted by molar-refractivity contribution is 6.00. The van der Waals surface area contributed by atoms with Crippen molar-refractivity contribution in [2.75, 3.05) is 0 Å². The first-order valence-electron chi connectivity index (χ1n) is 2.96. The molecule has 0 bridgehead atoms. The summed E-state index contributed by atoms with van der Waals surface area (Å²) in [6, 6.07) is 0.531. The molecular weight excluding hydrogens is 98.1 g/mol. The van der Waals surface area contributed by atoms with Crippen molar-refractivity contribution in [2.45, 2.75) is 19.9 Å². The predicted octanol–water partition coefficient (Wildman–Crippen LogP) is 1.65. The molecule has 0 saturated carbocycles. The first-order valence-corrected chi connectivity index (χ1v) is 2.96. The second-order valence-electron chi connectivity index (χ2n) is 2.29. The third-order valence-corrected chi connectivity index (χ3v) is 1.75. The maximum Gasteiger partial charge on any atom is 0.0555 e. The maximum absolute atomic E-state index is 4.22. The van der Waals surface area contributed by atoms with Crippen LogP contribution in [0.5, 0.6) is 0 Å². The lowest BCUT2D eigenvalue weighted by molar-refractivity contribution is 0.555. The summed E-state index contributed by atoms with van der Waals surface area (Å²) in [5.41, 5.74) is 1.16. The fourth-order valence-electron chi connectivity index (χ4n) is 0.868. The normalized spacial score (nSPS) is 35.5. The molecule has 0 aromatic heterocycles. The summed E-state index contributed by atoms with van der Waals surface area (Å²) in [5, 5.41) is 0. The first-order chi connectivity index (χ1) is 3.75. The van der Waals surface area contributed by atoms with Crippen LogP contribution in [-0.4, -0.2) is 11.8 Å². The average Bonchev–Trinajstić information content (AvgIpc) is 1.81. The molecule has 1 aliphatic rings. The zero-order chi connectivity index (χ0) is 6.15. The lowest BCUT2D eigenvalue weighted by atomic mass is 9.91. The Morgan fingerprint density at radius 1 is 1.62 bits per heavy atom. The van der Waals surface area contributed by atoms with Crippen molar-refractivity contribution in [3.63, 3.8) is 0 Å². The highest BCUT2D eigenvalue weighted by atomic mass is 14.9. The Balaban J connectivity index is 2.62. The largest absolute Gasteiger partial charge is 0.286 e. The summed E-state index contributed by atoms with van der Waals surface area (Å²) < 4.78 is 0. The Hall–Kier alpha value is -0.590. The molecule has 0 aromatic rings. The van der Waals surface area contributed by atoms with Gasteiger partial charge in [0.05, 0.1) is 6.04 Å². The summed E-state index contributed by atoms with van der Waals surface area (Å²) in [6.45, 7) is 7.93. The number of nitrogens with zero attached hydrogens (tertiary/aromatic N) is 1. The molecule has 1 heteroatoms. The standard InChI is InChI=1S/C7H11N/c1-4-7-5(2)6(3)8-7/h4-6H,1H2,2-3H3. The van der Waals surface area contributed by atoms with Crippen molar-refractivity contribution < 1.29 is 0 Å². The van der Waals surface area contributed by atoms with Crippen LogP contribution in [0.15, 0.2) is 17.6 Å². The molecule has 0 fully saturated rings. The van der Waals surface area contributed by atoms with E-state index in [-0.39, 0.29) is 0 Å². The number of hydrogen-bond acceptors (Lipinski definition) is 1. The Morgan fingerprint density at radius 3 is 2.38 bits per heavy atom. The van der Waals surface area contributed by atoms with Crippen LogP contribution < -0.4 is 0 Å². The molecule has 0 saturated heterocycles. The molecule has 0 radical (unpaired) electrons. The van der Waals surface area contributed by atoms with Crippen molar-refractivity contribution in [1.82, 2.24) is 0 Å². The third kappa shape index (κ3) is 0.585. The van der Waals surface area contributed by atoms with Gasteiger partial charge in [-0.15, -0.1) is 0 Å². The van der Waals surface area contributed by atoms with Crippen LogP contribution >= 0.6 is 0 Å². The Morgan fingerprint density at radius 2 is 2.25 bits per heavy atom. The number of allylic oxidation sites excluding steroid dienone is 1. The molecular formula is C7H11N. The minimum atomic E-state index is 0.531. The molecule has 1 heterocycles. The summed E-state index contributed by atoms with van der Waals surface area (Å²) >= 11 is 0. The second-order valence-corrected chi connectivity index (χ2v) is 2.29. The highest BCUT2D eigenvalue weighted by Gasteiger charge is 2.23. The van der Waals surface area contributed by atoms with Crippen LogP contribution in [-0.2, 0) is 0 Å². The number of rotatable bonds is 1. The highest BCUT2D eigenvalue weighted by Crippen LogP contribution is 2.19. The van der Waals surface area contributed by atoms with E-state index in [9.17, 15) is 0 Å². The van der Waals surface area contributed by atoms with Gasteiger partial charge in [-0.2, -0.15) is 0 Å². The molecule has 1 rings (SSSR count). The zero-order valence-corrected chi connectivity index (χ0v) is 5.39. The summed E-state index contributed by atoms with van der Waals surface area (Å²) in [6.07, 6.45) is 1.84. The van der Waals surface area contributed by atoms with Crippen LogP contribution in [0, 0.1) is 5.92 Å². The van der Waals surface area contributed by atoms with Gasteiger partial charge in [-0.1, -0.05) is 13.5 Å². The molecule has 0 aromatic carbocycles. The molecule has 0 spiro atoms. The third-order valence-electron chi connectivity index (χ3n) is 1.75. The van der Waals surface area contributed by atoms with Crippen LogP contribution in [0.25, 0.3) is 0 Å². The summed E-state index contributed by atoms with van der Waals surface area (Å²) in [5.74, 6) is 0.646. The predicted molar refractivity (Wildman–Crippen MR) is 36.3 cm³/mol. The van der Waals surface area contributed by atoms with Gasteiger partial charge >= 0.3 is 0 Å². The Kier molecular flexibility index (Phi) is 1.20. The minimum absolute atomic E-state index is 0.531. The lowest BCUT2D eigenvalue weighted by Crippen LogP contribution is -2.31. The van der Waals surface area contributed by atoms with Gasteiger partial charge in [0.1, 0.15) is 0 Å². The van der Waals surface area contributed by atoms with E-state index in [1.807, 2.05) is 6.08 Å². The summed E-state index contributed by atoms with van der Waals surface area (Å²) in [4.78, 5) is 4.22. The van der Waals surface area contributed by atoms with Gasteiger partial charge < -0.3 is 0 Å². The van der Waals surface area contributed by atoms with Crippen LogP contribution in [0.3, 0.4) is 0 Å². The Labute approximate surface area is 50.1 Å². The number of aliphatic imine (C=N–C) groups is 1. The van der Waals surface area contributed by atoms with Crippen molar-refractivity contribution in [1.29, 1.82) is 0 Å². The van der Waals surface area contributed by atoms with E-state index < -0.39 is 0 Å². The smallest absolute Gasteiger partial charge is 0.0555 e. The van der Waals surface area contributed by atoms with Gasteiger partial charge in [0.15, 0.2) is 0 Å². The molecule has 0 aliphatic carbocycles. The fraction of sp³-hybridized carbons (Fsp3) is 0.571. The maximum atomic E-state index is 4.22. The SMILES string of the molecule is C=CC1=NC(C)C1C. The molecule has 1 aliphatic heterocycles. The van der Waals surface area contributed by atoms with Gasteiger partial charge in [0.25, 0.3) is 0 Å². The molecule has 2 atom stereocenters. The van der Waals surface area contributed by atoms with E-state index in [4.69, 9.17) is 0 Å². The molecule has 44 valence electrons. The van der Waals surface area contributed by atoms with E-state index in [0.717, 1.165) is 5.71 Å². The second kappa shape index (κ2) is 1.73. The molecule has 0 amide bonds. The summed E-state index contributed by atoms with van der Waals surface area (Å²) in [7, 11) is 0. The molecule has 2 unspecified atom stereocenters. The van der Waals surface area contributed by atoms with Crippen molar-refractivity contribution in [3.05, 3.63) is 12.7 Å². The average molecular weight is 109 g/mol. The van der Waals surface area contributed by atoms with Gasteiger partial charge in [-0.05, 0) is 13.0 Å². The van der Waals surface area contributed by atoms with Gasteiger partial charge in [-0.3, -0.25) is 4.99 Å². The monoisotopic (exact) mass is 109 g/mol. The van der Waals surface area contributed by atoms with E-state index in [1.165, 1.54) is 0 Å². The van der Waals surface area contributed by atoms with E-state index >= 15 is 0 Å². The fourth-order valence-corrected chi connectivity index (χ4v) is 0.868. The molecule has 1 nitrogen and oxygen atoms in total. The lowest BCUT2D eigenvalue weighted by Gasteiger charge is -2.26. The Bertz CT molecular complexity index is 135. The van der Waals surface area contributed by atoms with Crippen molar-refractivity contribution >= 4 is 5.71 Å². The van der Waals surface area contributed by atoms with E-state index in [1.54, 1.807) is 0 Å². The van der Waals surface area contributed by atoms with Gasteiger partial charge in [0, 0.05) is 11.6 Å². The zero-order valence-electron chi connectivity index (χ0n) is 5.39. The van der Waals surface area contributed by atoms with E-state index in [2.05, 4.69) is 25.4 Å². The topological polar surface area (TPSA) is 12.4 Å². The minimum Gasteiger partial charge on any atom is -0.286 e. The van der Waals surface area contributed by atoms with Crippen LogP contribution in [0.1, 0.15) is 13.8 Å².